The maximum Gasteiger partial charge on any atom is 0.245 e. The lowest BCUT2D eigenvalue weighted by atomic mass is 10.1. The molecule has 1 aromatic carbocycles. The molecular formula is C14H22N2O3S. The number of likely N-dealkylation sites (N-methyl/N-ethyl adjacent to an activating group) is 1. The summed E-state index contributed by atoms with van der Waals surface area (Å²) in [6, 6.07) is 4.78. The van der Waals surface area contributed by atoms with E-state index in [1.54, 1.807) is 27.1 Å². The van der Waals surface area contributed by atoms with Crippen molar-refractivity contribution in [1.82, 2.24) is 4.90 Å². The van der Waals surface area contributed by atoms with Gasteiger partial charge >= 0.3 is 0 Å². The number of nitrogens with zero attached hydrogens (tertiary/aromatic N) is 2. The van der Waals surface area contributed by atoms with E-state index in [4.69, 9.17) is 0 Å². The fraction of sp³-hybridized carbons (Fsp3) is 0.500. The molecule has 112 valence electrons. The SMILES string of the molecule is Cc1ccc(C)c(N([C@H](C)C(=O)N(C)C)S(C)(=O)=O)c1. The molecule has 6 heteroatoms. The van der Waals surface area contributed by atoms with Crippen LogP contribution in [0.25, 0.3) is 0 Å². The van der Waals surface area contributed by atoms with Gasteiger partial charge in [0.15, 0.2) is 0 Å². The lowest BCUT2D eigenvalue weighted by Gasteiger charge is -2.31. The predicted octanol–water partition coefficient (Wildman–Crippen LogP) is 1.55. The van der Waals surface area contributed by atoms with Crippen LogP contribution in [0.2, 0.25) is 0 Å². The van der Waals surface area contributed by atoms with Gasteiger partial charge in [-0.05, 0) is 38.0 Å². The maximum absolute atomic E-state index is 12.1. The highest BCUT2D eigenvalue weighted by atomic mass is 32.2. The Morgan fingerprint density at radius 2 is 1.75 bits per heavy atom. The van der Waals surface area contributed by atoms with Crippen molar-refractivity contribution in [2.24, 2.45) is 0 Å². The van der Waals surface area contributed by atoms with Crippen molar-refractivity contribution in [3.8, 4) is 0 Å². The summed E-state index contributed by atoms with van der Waals surface area (Å²) in [7, 11) is -0.322. The Bertz CT molecular complexity index is 609. The highest BCUT2D eigenvalue weighted by molar-refractivity contribution is 7.92. The van der Waals surface area contributed by atoms with Crippen molar-refractivity contribution in [3.05, 3.63) is 29.3 Å². The molecule has 1 amide bonds. The van der Waals surface area contributed by atoms with Crippen molar-refractivity contribution in [2.75, 3.05) is 24.7 Å². The molecule has 20 heavy (non-hydrogen) atoms. The first-order valence-corrected chi connectivity index (χ1v) is 8.18. The number of sulfonamides is 1. The molecule has 5 nitrogen and oxygen atoms in total. The zero-order chi connectivity index (χ0) is 15.7. The minimum absolute atomic E-state index is 0.253. The number of hydrogen-bond donors (Lipinski definition) is 0. The van der Waals surface area contributed by atoms with E-state index < -0.39 is 16.1 Å². The van der Waals surface area contributed by atoms with Crippen LogP contribution in [-0.2, 0) is 14.8 Å². The van der Waals surface area contributed by atoms with Crippen LogP contribution < -0.4 is 4.31 Å². The van der Waals surface area contributed by atoms with Crippen LogP contribution in [0.5, 0.6) is 0 Å². The molecule has 0 aliphatic heterocycles. The highest BCUT2D eigenvalue weighted by Gasteiger charge is 2.30. The van der Waals surface area contributed by atoms with Crippen molar-refractivity contribution >= 4 is 21.6 Å². The molecule has 0 fully saturated rings. The minimum Gasteiger partial charge on any atom is -0.347 e. The van der Waals surface area contributed by atoms with Gasteiger partial charge in [-0.1, -0.05) is 12.1 Å². The summed E-state index contributed by atoms with van der Waals surface area (Å²) in [5.74, 6) is -0.253. The molecule has 0 heterocycles. The van der Waals surface area contributed by atoms with E-state index >= 15 is 0 Å². The molecular weight excluding hydrogens is 276 g/mol. The number of hydrogen-bond acceptors (Lipinski definition) is 3. The van der Waals surface area contributed by atoms with Gasteiger partial charge in [-0.2, -0.15) is 0 Å². The van der Waals surface area contributed by atoms with Gasteiger partial charge in [0.1, 0.15) is 6.04 Å². The highest BCUT2D eigenvalue weighted by Crippen LogP contribution is 2.26. The molecule has 1 atom stereocenters. The Kier molecular flexibility index (Phi) is 4.81. The molecule has 0 aromatic heterocycles. The third kappa shape index (κ3) is 3.50. The summed E-state index contributed by atoms with van der Waals surface area (Å²) in [6.45, 7) is 5.33. The average molecular weight is 298 g/mol. The topological polar surface area (TPSA) is 57.7 Å². The molecule has 1 rings (SSSR count). The molecule has 1 aromatic rings. The Morgan fingerprint density at radius 1 is 1.20 bits per heavy atom. The molecule has 0 radical (unpaired) electrons. The monoisotopic (exact) mass is 298 g/mol. The molecule has 0 saturated carbocycles. The molecule has 0 aliphatic rings. The second-order valence-corrected chi connectivity index (χ2v) is 7.12. The number of rotatable bonds is 4. The number of carbonyl (C=O) groups excluding carboxylic acids is 1. The third-order valence-electron chi connectivity index (χ3n) is 3.11. The van der Waals surface area contributed by atoms with Crippen LogP contribution in [0.1, 0.15) is 18.1 Å². The second-order valence-electron chi connectivity index (χ2n) is 5.26. The van der Waals surface area contributed by atoms with Gasteiger partial charge in [0, 0.05) is 14.1 Å². The summed E-state index contributed by atoms with van der Waals surface area (Å²) in [5.41, 5.74) is 2.32. The standard InChI is InChI=1S/C14H22N2O3S/c1-10-7-8-11(2)13(9-10)16(20(6,18)19)12(3)14(17)15(4)5/h7-9,12H,1-6H3/t12-/m1/s1. The van der Waals surface area contributed by atoms with Gasteiger partial charge in [-0.3, -0.25) is 9.10 Å². The van der Waals surface area contributed by atoms with E-state index in [0.717, 1.165) is 17.4 Å². The first-order valence-electron chi connectivity index (χ1n) is 6.33. The lowest BCUT2D eigenvalue weighted by molar-refractivity contribution is -0.129. The quantitative estimate of drug-likeness (QED) is 0.847. The Labute approximate surface area is 121 Å². The van der Waals surface area contributed by atoms with Gasteiger partial charge in [0.2, 0.25) is 15.9 Å². The van der Waals surface area contributed by atoms with Gasteiger partial charge < -0.3 is 4.90 Å². The molecule has 0 unspecified atom stereocenters. The van der Waals surface area contributed by atoms with Crippen LogP contribution >= 0.6 is 0 Å². The maximum atomic E-state index is 12.1. The van der Waals surface area contributed by atoms with Gasteiger partial charge in [0.25, 0.3) is 0 Å². The fourth-order valence-electron chi connectivity index (χ4n) is 2.11. The Morgan fingerprint density at radius 3 is 2.20 bits per heavy atom. The molecule has 0 N–H and O–H groups in total. The molecule has 0 bridgehead atoms. The van der Waals surface area contributed by atoms with E-state index in [1.165, 1.54) is 9.21 Å². The van der Waals surface area contributed by atoms with Gasteiger partial charge in [0.05, 0.1) is 11.9 Å². The normalized spacial score (nSPS) is 12.9. The van der Waals surface area contributed by atoms with Crippen molar-refractivity contribution < 1.29 is 13.2 Å². The van der Waals surface area contributed by atoms with Crippen LogP contribution in [0.4, 0.5) is 5.69 Å². The summed E-state index contributed by atoms with van der Waals surface area (Å²) in [6.07, 6.45) is 1.12. The average Bonchev–Trinajstić information content (AvgIpc) is 2.30. The second kappa shape index (κ2) is 5.83. The van der Waals surface area contributed by atoms with Crippen LogP contribution in [-0.4, -0.2) is 45.6 Å². The Hall–Kier alpha value is -1.56. The van der Waals surface area contributed by atoms with Crippen molar-refractivity contribution in [3.63, 3.8) is 0 Å². The summed E-state index contributed by atoms with van der Waals surface area (Å²) in [4.78, 5) is 13.5. The minimum atomic E-state index is -3.55. The predicted molar refractivity (Wildman–Crippen MR) is 81.4 cm³/mol. The first-order chi connectivity index (χ1) is 9.05. The summed E-state index contributed by atoms with van der Waals surface area (Å²) in [5, 5.41) is 0. The fourth-order valence-corrected chi connectivity index (χ4v) is 3.32. The number of carbonyl (C=O) groups is 1. The smallest absolute Gasteiger partial charge is 0.245 e. The van der Waals surface area contributed by atoms with Gasteiger partial charge in [-0.15, -0.1) is 0 Å². The zero-order valence-corrected chi connectivity index (χ0v) is 13.7. The molecule has 0 aliphatic carbocycles. The number of amides is 1. The van der Waals surface area contributed by atoms with E-state index in [0.29, 0.717) is 5.69 Å². The number of aryl methyl sites for hydroxylation is 2. The van der Waals surface area contributed by atoms with E-state index in [-0.39, 0.29) is 5.91 Å². The van der Waals surface area contributed by atoms with E-state index in [2.05, 4.69) is 0 Å². The number of benzene rings is 1. The molecule has 0 saturated heterocycles. The van der Waals surface area contributed by atoms with E-state index in [9.17, 15) is 13.2 Å². The first kappa shape index (κ1) is 16.5. The largest absolute Gasteiger partial charge is 0.347 e. The van der Waals surface area contributed by atoms with Crippen molar-refractivity contribution in [2.45, 2.75) is 26.8 Å². The summed E-state index contributed by atoms with van der Waals surface area (Å²) < 4.78 is 25.4. The van der Waals surface area contributed by atoms with Crippen molar-refractivity contribution in [1.29, 1.82) is 0 Å². The number of anilines is 1. The van der Waals surface area contributed by atoms with Gasteiger partial charge in [-0.25, -0.2) is 8.42 Å². The summed E-state index contributed by atoms with van der Waals surface area (Å²) >= 11 is 0. The van der Waals surface area contributed by atoms with Crippen LogP contribution in [0, 0.1) is 13.8 Å². The third-order valence-corrected chi connectivity index (χ3v) is 4.34. The zero-order valence-electron chi connectivity index (χ0n) is 12.8. The van der Waals surface area contributed by atoms with E-state index in [1.807, 2.05) is 26.0 Å². The van der Waals surface area contributed by atoms with Crippen LogP contribution in [0.3, 0.4) is 0 Å². The molecule has 0 spiro atoms. The van der Waals surface area contributed by atoms with Crippen LogP contribution in [0.15, 0.2) is 18.2 Å². The lowest BCUT2D eigenvalue weighted by Crippen LogP contribution is -2.47. The Balaban J connectivity index is 3.42.